The van der Waals surface area contributed by atoms with E-state index in [-0.39, 0.29) is 5.54 Å². The quantitative estimate of drug-likeness (QED) is 0.762. The first kappa shape index (κ1) is 13.0. The molecule has 0 radical (unpaired) electrons. The van der Waals surface area contributed by atoms with Gasteiger partial charge in [-0.1, -0.05) is 33.1 Å². The summed E-state index contributed by atoms with van der Waals surface area (Å²) in [5.74, 6) is 1.31. The molecule has 0 heterocycles. The second kappa shape index (κ2) is 5.86. The van der Waals surface area contributed by atoms with Gasteiger partial charge in [0.05, 0.1) is 0 Å². The lowest BCUT2D eigenvalue weighted by Gasteiger charge is -2.45. The van der Waals surface area contributed by atoms with Crippen molar-refractivity contribution in [1.29, 1.82) is 0 Å². The lowest BCUT2D eigenvalue weighted by molar-refractivity contribution is 0.0905. The van der Waals surface area contributed by atoms with Crippen LogP contribution in [-0.2, 0) is 4.74 Å². The minimum atomic E-state index is 0.0749. The standard InChI is InChI=1S/C13H27NO/c1-4-12-7-5-6-9-13(12,14)11(2)8-10-15-3/h11-12H,4-10,14H2,1-3H3. The van der Waals surface area contributed by atoms with Gasteiger partial charge in [0.1, 0.15) is 0 Å². The third-order valence-electron chi connectivity index (χ3n) is 4.34. The molecule has 1 saturated carbocycles. The van der Waals surface area contributed by atoms with Crippen molar-refractivity contribution in [1.82, 2.24) is 0 Å². The molecule has 2 nitrogen and oxygen atoms in total. The van der Waals surface area contributed by atoms with Gasteiger partial charge in [-0.05, 0) is 31.1 Å². The third kappa shape index (κ3) is 2.94. The minimum absolute atomic E-state index is 0.0749. The number of hydrogen-bond donors (Lipinski definition) is 1. The van der Waals surface area contributed by atoms with Crippen LogP contribution in [0, 0.1) is 11.8 Å². The average molecular weight is 213 g/mol. The Hall–Kier alpha value is -0.0800. The molecule has 2 heteroatoms. The van der Waals surface area contributed by atoms with E-state index < -0.39 is 0 Å². The molecule has 2 N–H and O–H groups in total. The van der Waals surface area contributed by atoms with Crippen molar-refractivity contribution in [2.24, 2.45) is 17.6 Å². The smallest absolute Gasteiger partial charge is 0.0465 e. The fraction of sp³-hybridized carbons (Fsp3) is 1.00. The third-order valence-corrected chi connectivity index (χ3v) is 4.34. The van der Waals surface area contributed by atoms with Gasteiger partial charge in [0.15, 0.2) is 0 Å². The normalized spacial score (nSPS) is 34.0. The summed E-state index contributed by atoms with van der Waals surface area (Å²) in [5, 5.41) is 0. The van der Waals surface area contributed by atoms with Crippen LogP contribution in [0.3, 0.4) is 0 Å². The molecule has 3 unspecified atom stereocenters. The maximum absolute atomic E-state index is 6.64. The molecule has 0 saturated heterocycles. The molecule has 0 aromatic heterocycles. The van der Waals surface area contributed by atoms with Gasteiger partial charge in [-0.25, -0.2) is 0 Å². The maximum Gasteiger partial charge on any atom is 0.0465 e. The van der Waals surface area contributed by atoms with E-state index in [1.807, 2.05) is 0 Å². The van der Waals surface area contributed by atoms with Gasteiger partial charge < -0.3 is 10.5 Å². The predicted molar refractivity (Wildman–Crippen MR) is 64.8 cm³/mol. The minimum Gasteiger partial charge on any atom is -0.385 e. The average Bonchev–Trinajstić information content (AvgIpc) is 2.26. The molecular weight excluding hydrogens is 186 g/mol. The molecule has 0 bridgehead atoms. The van der Waals surface area contributed by atoms with Gasteiger partial charge >= 0.3 is 0 Å². The zero-order valence-electron chi connectivity index (χ0n) is 10.6. The fourth-order valence-corrected chi connectivity index (χ4v) is 3.09. The molecule has 0 aromatic carbocycles. The topological polar surface area (TPSA) is 35.2 Å². The van der Waals surface area contributed by atoms with Gasteiger partial charge in [0, 0.05) is 19.3 Å². The van der Waals surface area contributed by atoms with E-state index in [9.17, 15) is 0 Å². The first-order chi connectivity index (χ1) is 7.15. The number of rotatable bonds is 5. The van der Waals surface area contributed by atoms with E-state index in [0.29, 0.717) is 5.92 Å². The van der Waals surface area contributed by atoms with Crippen molar-refractivity contribution in [3.63, 3.8) is 0 Å². The van der Waals surface area contributed by atoms with E-state index >= 15 is 0 Å². The van der Waals surface area contributed by atoms with Crippen LogP contribution >= 0.6 is 0 Å². The molecule has 90 valence electrons. The van der Waals surface area contributed by atoms with Crippen LogP contribution in [0.25, 0.3) is 0 Å². The summed E-state index contributed by atoms with van der Waals surface area (Å²) >= 11 is 0. The molecule has 1 aliphatic rings. The molecule has 15 heavy (non-hydrogen) atoms. The van der Waals surface area contributed by atoms with Crippen LogP contribution in [0.15, 0.2) is 0 Å². The number of ether oxygens (including phenoxy) is 1. The Morgan fingerprint density at radius 1 is 1.47 bits per heavy atom. The molecular formula is C13H27NO. The van der Waals surface area contributed by atoms with Crippen molar-refractivity contribution in [2.45, 2.75) is 57.9 Å². The van der Waals surface area contributed by atoms with Crippen LogP contribution in [0.2, 0.25) is 0 Å². The molecule has 0 aromatic rings. The van der Waals surface area contributed by atoms with E-state index in [0.717, 1.165) is 18.9 Å². The van der Waals surface area contributed by atoms with Gasteiger partial charge in [-0.15, -0.1) is 0 Å². The zero-order chi connectivity index (χ0) is 11.3. The van der Waals surface area contributed by atoms with Gasteiger partial charge in [-0.3, -0.25) is 0 Å². The summed E-state index contributed by atoms with van der Waals surface area (Å²) in [4.78, 5) is 0. The summed E-state index contributed by atoms with van der Waals surface area (Å²) < 4.78 is 5.16. The first-order valence-corrected chi connectivity index (χ1v) is 6.43. The number of nitrogens with two attached hydrogens (primary N) is 1. The zero-order valence-corrected chi connectivity index (χ0v) is 10.6. The monoisotopic (exact) mass is 213 g/mol. The Labute approximate surface area is 94.6 Å². The van der Waals surface area contributed by atoms with Crippen LogP contribution in [0.5, 0.6) is 0 Å². The molecule has 3 atom stereocenters. The van der Waals surface area contributed by atoms with Crippen LogP contribution in [-0.4, -0.2) is 19.3 Å². The summed E-state index contributed by atoms with van der Waals surface area (Å²) in [6, 6.07) is 0. The second-order valence-corrected chi connectivity index (χ2v) is 5.15. The Balaban J connectivity index is 2.59. The summed E-state index contributed by atoms with van der Waals surface area (Å²) in [6.45, 7) is 5.42. The highest BCUT2D eigenvalue weighted by atomic mass is 16.5. The Kier molecular flexibility index (Phi) is 5.07. The van der Waals surface area contributed by atoms with Gasteiger partial charge in [-0.2, -0.15) is 0 Å². The summed E-state index contributed by atoms with van der Waals surface area (Å²) in [7, 11) is 1.77. The van der Waals surface area contributed by atoms with Crippen molar-refractivity contribution >= 4 is 0 Å². The molecule has 0 aliphatic heterocycles. The fourth-order valence-electron chi connectivity index (χ4n) is 3.09. The van der Waals surface area contributed by atoms with Gasteiger partial charge in [0.2, 0.25) is 0 Å². The van der Waals surface area contributed by atoms with Crippen LogP contribution in [0.4, 0.5) is 0 Å². The highest BCUT2D eigenvalue weighted by Gasteiger charge is 2.39. The first-order valence-electron chi connectivity index (χ1n) is 6.43. The lowest BCUT2D eigenvalue weighted by atomic mass is 9.65. The van der Waals surface area contributed by atoms with E-state index in [2.05, 4.69) is 13.8 Å². The van der Waals surface area contributed by atoms with Crippen LogP contribution < -0.4 is 5.73 Å². The highest BCUT2D eigenvalue weighted by molar-refractivity contribution is 4.97. The van der Waals surface area contributed by atoms with Crippen LogP contribution in [0.1, 0.15) is 52.4 Å². The van der Waals surface area contributed by atoms with E-state index in [1.54, 1.807) is 7.11 Å². The molecule has 0 amide bonds. The van der Waals surface area contributed by atoms with Gasteiger partial charge in [0.25, 0.3) is 0 Å². The Morgan fingerprint density at radius 2 is 2.20 bits per heavy atom. The SMILES string of the molecule is CCC1CCCCC1(N)C(C)CCOC. The number of hydrogen-bond acceptors (Lipinski definition) is 2. The molecule has 1 aliphatic carbocycles. The van der Waals surface area contributed by atoms with E-state index in [4.69, 9.17) is 10.5 Å². The summed E-state index contributed by atoms with van der Waals surface area (Å²) in [6.07, 6.45) is 7.54. The predicted octanol–water partition coefficient (Wildman–Crippen LogP) is 2.96. The van der Waals surface area contributed by atoms with Crippen molar-refractivity contribution in [3.8, 4) is 0 Å². The molecule has 0 spiro atoms. The highest BCUT2D eigenvalue weighted by Crippen LogP contribution is 2.40. The maximum atomic E-state index is 6.64. The van der Waals surface area contributed by atoms with Crippen molar-refractivity contribution < 1.29 is 4.74 Å². The van der Waals surface area contributed by atoms with E-state index in [1.165, 1.54) is 32.1 Å². The molecule has 1 fully saturated rings. The lowest BCUT2D eigenvalue weighted by Crippen LogP contribution is -2.54. The van der Waals surface area contributed by atoms with Crippen molar-refractivity contribution in [2.75, 3.05) is 13.7 Å². The molecule has 1 rings (SSSR count). The Bertz CT molecular complexity index is 183. The summed E-state index contributed by atoms with van der Waals surface area (Å²) in [5.41, 5.74) is 6.72. The Morgan fingerprint density at radius 3 is 2.80 bits per heavy atom. The largest absolute Gasteiger partial charge is 0.385 e. The second-order valence-electron chi connectivity index (χ2n) is 5.15. The van der Waals surface area contributed by atoms with Crippen molar-refractivity contribution in [3.05, 3.63) is 0 Å². The number of methoxy groups -OCH3 is 1.